The molecule has 4 rings (SSSR count). The van der Waals surface area contributed by atoms with Crippen LogP contribution in [0.2, 0.25) is 0 Å². The number of likely N-dealkylation sites (N-methyl/N-ethyl adjacent to an activating group) is 1. The number of thiophene rings is 1. The molecule has 1 fully saturated rings. The topological polar surface area (TPSA) is 61.9 Å². The minimum absolute atomic E-state index is 0.0556. The summed E-state index contributed by atoms with van der Waals surface area (Å²) < 4.78 is 5.42. The van der Waals surface area contributed by atoms with Gasteiger partial charge in [-0.3, -0.25) is 9.59 Å². The average molecular weight is 464 g/mol. The first kappa shape index (κ1) is 23.0. The van der Waals surface area contributed by atoms with Crippen LogP contribution >= 0.6 is 11.3 Å². The smallest absolute Gasteiger partial charge is 0.257 e. The van der Waals surface area contributed by atoms with Gasteiger partial charge in [-0.25, -0.2) is 0 Å². The first-order valence-corrected chi connectivity index (χ1v) is 12.1. The zero-order valence-corrected chi connectivity index (χ0v) is 19.9. The van der Waals surface area contributed by atoms with E-state index in [2.05, 4.69) is 5.32 Å². The van der Waals surface area contributed by atoms with Gasteiger partial charge in [-0.2, -0.15) is 0 Å². The van der Waals surface area contributed by atoms with Crippen molar-refractivity contribution in [3.8, 4) is 10.4 Å². The molecule has 0 saturated carbocycles. The molecular weight excluding hydrogens is 434 g/mol. The van der Waals surface area contributed by atoms with Crippen molar-refractivity contribution in [1.29, 1.82) is 0 Å². The van der Waals surface area contributed by atoms with Crippen molar-refractivity contribution in [3.63, 3.8) is 0 Å². The Morgan fingerprint density at radius 3 is 2.30 bits per heavy atom. The third-order valence-electron chi connectivity index (χ3n) is 5.79. The lowest BCUT2D eigenvalue weighted by molar-refractivity contribution is -0.114. The Kier molecular flexibility index (Phi) is 7.42. The fourth-order valence-corrected chi connectivity index (χ4v) is 5.23. The van der Waals surface area contributed by atoms with Gasteiger partial charge in [-0.15, -0.1) is 11.3 Å². The molecule has 0 spiro atoms. The second kappa shape index (κ2) is 10.6. The molecule has 0 radical (unpaired) electrons. The van der Waals surface area contributed by atoms with Gasteiger partial charge in [0.1, 0.15) is 5.00 Å². The summed E-state index contributed by atoms with van der Waals surface area (Å²) in [6.07, 6.45) is 0. The van der Waals surface area contributed by atoms with Gasteiger partial charge in [0, 0.05) is 30.2 Å². The number of hydrogen-bond donors (Lipinski definition) is 1. The summed E-state index contributed by atoms with van der Waals surface area (Å²) in [5.41, 5.74) is 3.51. The van der Waals surface area contributed by atoms with Gasteiger partial charge in [0.25, 0.3) is 5.91 Å². The number of rotatable bonds is 7. The molecule has 2 amide bonds. The highest BCUT2D eigenvalue weighted by molar-refractivity contribution is 7.20. The number of morpholine rings is 1. The Labute approximate surface area is 198 Å². The van der Waals surface area contributed by atoms with E-state index in [0.29, 0.717) is 43.4 Å². The molecule has 172 valence electrons. The number of hydrogen-bond acceptors (Lipinski definition) is 5. The van der Waals surface area contributed by atoms with Crippen LogP contribution in [0.15, 0.2) is 60.7 Å². The number of ether oxygens (including phenoxy) is 1. The molecule has 0 unspecified atom stereocenters. The largest absolute Gasteiger partial charge is 0.378 e. The molecule has 1 aliphatic rings. The first-order valence-electron chi connectivity index (χ1n) is 11.2. The third kappa shape index (κ3) is 5.26. The van der Waals surface area contributed by atoms with Crippen molar-refractivity contribution in [2.24, 2.45) is 0 Å². The van der Waals surface area contributed by atoms with Gasteiger partial charge in [0.05, 0.1) is 25.3 Å². The van der Waals surface area contributed by atoms with Crippen LogP contribution in [-0.2, 0) is 9.53 Å². The number of para-hydroxylation sites is 1. The van der Waals surface area contributed by atoms with Crippen LogP contribution in [0.4, 0.5) is 10.7 Å². The van der Waals surface area contributed by atoms with Crippen molar-refractivity contribution in [2.45, 2.75) is 13.8 Å². The summed E-state index contributed by atoms with van der Waals surface area (Å²) >= 11 is 1.46. The van der Waals surface area contributed by atoms with E-state index in [1.165, 1.54) is 11.3 Å². The fraction of sp³-hybridized carbons (Fsp3) is 0.308. The Bertz CT molecular complexity index is 1090. The summed E-state index contributed by atoms with van der Waals surface area (Å²) in [5.74, 6) is -0.197. The summed E-state index contributed by atoms with van der Waals surface area (Å²) in [4.78, 5) is 31.4. The maximum Gasteiger partial charge on any atom is 0.257 e. The maximum absolute atomic E-state index is 13.5. The number of nitrogens with one attached hydrogen (secondary N) is 1. The first-order chi connectivity index (χ1) is 16.1. The number of carbonyl (C=O) groups excluding carboxylic acids is 2. The van der Waals surface area contributed by atoms with Crippen LogP contribution in [0, 0.1) is 6.92 Å². The van der Waals surface area contributed by atoms with Gasteiger partial charge in [-0.1, -0.05) is 48.5 Å². The SMILES string of the molecule is CCN(CC(=O)Nc1sc(-c2ccccc2)c(C)c1C(=O)N1CCOCC1)c1ccccc1. The van der Waals surface area contributed by atoms with Crippen molar-refractivity contribution >= 4 is 33.8 Å². The maximum atomic E-state index is 13.5. The monoisotopic (exact) mass is 463 g/mol. The van der Waals surface area contributed by atoms with Gasteiger partial charge in [-0.05, 0) is 37.1 Å². The van der Waals surface area contributed by atoms with E-state index in [1.807, 2.05) is 84.3 Å². The summed E-state index contributed by atoms with van der Waals surface area (Å²) in [6, 6.07) is 19.9. The minimum Gasteiger partial charge on any atom is -0.378 e. The highest BCUT2D eigenvalue weighted by Crippen LogP contribution is 2.40. The molecule has 1 aromatic heterocycles. The van der Waals surface area contributed by atoms with Crippen molar-refractivity contribution in [3.05, 3.63) is 71.8 Å². The average Bonchev–Trinajstić information content (AvgIpc) is 3.19. The van der Waals surface area contributed by atoms with E-state index in [4.69, 9.17) is 4.74 Å². The van der Waals surface area contributed by atoms with Crippen LogP contribution in [0.5, 0.6) is 0 Å². The fourth-order valence-electron chi connectivity index (χ4n) is 4.01. The van der Waals surface area contributed by atoms with E-state index in [9.17, 15) is 9.59 Å². The van der Waals surface area contributed by atoms with Crippen LogP contribution < -0.4 is 10.2 Å². The van der Waals surface area contributed by atoms with E-state index in [-0.39, 0.29) is 18.4 Å². The Hall–Kier alpha value is -3.16. The van der Waals surface area contributed by atoms with Gasteiger partial charge < -0.3 is 19.9 Å². The summed E-state index contributed by atoms with van der Waals surface area (Å²) in [6.45, 7) is 7.08. The lowest BCUT2D eigenvalue weighted by atomic mass is 10.1. The molecule has 6 nitrogen and oxygen atoms in total. The van der Waals surface area contributed by atoms with Crippen LogP contribution in [-0.4, -0.2) is 56.1 Å². The van der Waals surface area contributed by atoms with E-state index >= 15 is 0 Å². The molecule has 0 atom stereocenters. The molecule has 1 saturated heterocycles. The summed E-state index contributed by atoms with van der Waals surface area (Å²) in [5, 5.41) is 3.66. The van der Waals surface area contributed by atoms with Gasteiger partial charge in [0.2, 0.25) is 5.91 Å². The van der Waals surface area contributed by atoms with Gasteiger partial charge in [0.15, 0.2) is 0 Å². The van der Waals surface area contributed by atoms with E-state index < -0.39 is 0 Å². The Morgan fingerprint density at radius 1 is 1.03 bits per heavy atom. The molecule has 33 heavy (non-hydrogen) atoms. The van der Waals surface area contributed by atoms with Crippen molar-refractivity contribution in [2.75, 3.05) is 49.6 Å². The number of carbonyl (C=O) groups is 2. The minimum atomic E-state index is -0.141. The second-order valence-electron chi connectivity index (χ2n) is 7.93. The van der Waals surface area contributed by atoms with Crippen LogP contribution in [0.1, 0.15) is 22.8 Å². The van der Waals surface area contributed by atoms with E-state index in [0.717, 1.165) is 21.7 Å². The van der Waals surface area contributed by atoms with Crippen LogP contribution in [0.3, 0.4) is 0 Å². The predicted octanol–water partition coefficient (Wildman–Crippen LogP) is 4.66. The highest BCUT2D eigenvalue weighted by atomic mass is 32.1. The molecular formula is C26H29N3O3S. The quantitative estimate of drug-likeness (QED) is 0.554. The lowest BCUT2D eigenvalue weighted by Crippen LogP contribution is -2.41. The second-order valence-corrected chi connectivity index (χ2v) is 8.95. The zero-order chi connectivity index (χ0) is 23.2. The molecule has 0 bridgehead atoms. The molecule has 2 heterocycles. The molecule has 3 aromatic rings. The van der Waals surface area contributed by atoms with Gasteiger partial charge >= 0.3 is 0 Å². The number of anilines is 2. The summed E-state index contributed by atoms with van der Waals surface area (Å²) in [7, 11) is 0. The highest BCUT2D eigenvalue weighted by Gasteiger charge is 2.28. The van der Waals surface area contributed by atoms with Crippen LogP contribution in [0.25, 0.3) is 10.4 Å². The normalized spacial score (nSPS) is 13.6. The molecule has 7 heteroatoms. The lowest BCUT2D eigenvalue weighted by Gasteiger charge is -2.27. The standard InChI is InChI=1S/C26H29N3O3S/c1-3-28(21-12-8-5-9-13-21)18-22(30)27-25-23(26(31)29-14-16-32-17-15-29)19(2)24(33-25)20-10-6-4-7-11-20/h4-13H,3,14-18H2,1-2H3,(H,27,30). The molecule has 1 N–H and O–H groups in total. The van der Waals surface area contributed by atoms with E-state index in [1.54, 1.807) is 0 Å². The number of benzene rings is 2. The third-order valence-corrected chi connectivity index (χ3v) is 7.04. The Balaban J connectivity index is 1.63. The Morgan fingerprint density at radius 2 is 1.67 bits per heavy atom. The molecule has 1 aliphatic heterocycles. The van der Waals surface area contributed by atoms with Crippen molar-refractivity contribution in [1.82, 2.24) is 4.90 Å². The molecule has 2 aromatic carbocycles. The zero-order valence-electron chi connectivity index (χ0n) is 19.0. The van der Waals surface area contributed by atoms with Crippen molar-refractivity contribution < 1.29 is 14.3 Å². The molecule has 0 aliphatic carbocycles. The number of nitrogens with zero attached hydrogens (tertiary/aromatic N) is 2. The number of amides is 2. The predicted molar refractivity (Wildman–Crippen MR) is 134 cm³/mol.